The third-order valence-electron chi connectivity index (χ3n) is 4.76. The van der Waals surface area contributed by atoms with Gasteiger partial charge in [0.05, 0.1) is 0 Å². The van der Waals surface area contributed by atoms with Gasteiger partial charge in [-0.2, -0.15) is 0 Å². The zero-order chi connectivity index (χ0) is 18.5. The van der Waals surface area contributed by atoms with Gasteiger partial charge in [-0.3, -0.25) is 4.79 Å². The van der Waals surface area contributed by atoms with Gasteiger partial charge in [0.25, 0.3) is 0 Å². The van der Waals surface area contributed by atoms with Crippen molar-refractivity contribution in [3.05, 3.63) is 59.2 Å². The maximum Gasteiger partial charge on any atom is 0.341 e. The fourth-order valence-electron chi connectivity index (χ4n) is 3.50. The molecule has 1 aliphatic rings. The number of hydrogen-bond donors (Lipinski definition) is 2. The van der Waals surface area contributed by atoms with Gasteiger partial charge in [-0.15, -0.1) is 0 Å². The molecule has 0 aliphatic heterocycles. The standard InChI is InChI=1S/C21H23NO4/c1-14-11-17(26-13-21(24)25)9-10-19(14)22-20(23)12-16-7-4-6-15-5-2-3-8-18(15)16/h2-3,5,8-11,16H,4,6-7,12-13H2,1H3,(H,22,23)(H,24,25). The zero-order valence-corrected chi connectivity index (χ0v) is 14.8. The highest BCUT2D eigenvalue weighted by atomic mass is 16.5. The summed E-state index contributed by atoms with van der Waals surface area (Å²) >= 11 is 0. The topological polar surface area (TPSA) is 75.6 Å². The molecule has 2 aromatic rings. The van der Waals surface area contributed by atoms with E-state index < -0.39 is 5.97 Å². The maximum absolute atomic E-state index is 12.5. The predicted molar refractivity (Wildman–Crippen MR) is 99.7 cm³/mol. The lowest BCUT2D eigenvalue weighted by atomic mass is 9.81. The molecular formula is C21H23NO4. The first kappa shape index (κ1) is 18.0. The molecule has 0 fully saturated rings. The van der Waals surface area contributed by atoms with E-state index in [0.29, 0.717) is 12.2 Å². The molecule has 0 radical (unpaired) electrons. The van der Waals surface area contributed by atoms with E-state index in [2.05, 4.69) is 23.5 Å². The van der Waals surface area contributed by atoms with Crippen LogP contribution >= 0.6 is 0 Å². The number of aryl methyl sites for hydroxylation is 2. The highest BCUT2D eigenvalue weighted by Crippen LogP contribution is 2.34. The van der Waals surface area contributed by atoms with Crippen LogP contribution < -0.4 is 10.1 Å². The molecule has 1 amide bonds. The molecule has 1 aliphatic carbocycles. The molecule has 1 atom stereocenters. The number of carbonyl (C=O) groups is 2. The highest BCUT2D eigenvalue weighted by Gasteiger charge is 2.22. The minimum Gasteiger partial charge on any atom is -0.482 e. The smallest absolute Gasteiger partial charge is 0.341 e. The Bertz CT molecular complexity index is 815. The van der Waals surface area contributed by atoms with Gasteiger partial charge in [0, 0.05) is 12.1 Å². The molecule has 0 heterocycles. The summed E-state index contributed by atoms with van der Waals surface area (Å²) in [6, 6.07) is 13.5. The number of nitrogens with one attached hydrogen (secondary N) is 1. The van der Waals surface area contributed by atoms with Gasteiger partial charge in [-0.25, -0.2) is 4.79 Å². The molecule has 0 saturated carbocycles. The van der Waals surface area contributed by atoms with E-state index in [1.165, 1.54) is 11.1 Å². The number of fused-ring (bicyclic) bond motifs is 1. The second kappa shape index (κ2) is 8.04. The minimum absolute atomic E-state index is 0.00555. The largest absolute Gasteiger partial charge is 0.482 e. The number of carbonyl (C=O) groups excluding carboxylic acids is 1. The van der Waals surface area contributed by atoms with Gasteiger partial charge < -0.3 is 15.2 Å². The van der Waals surface area contributed by atoms with Crippen LogP contribution in [0.15, 0.2) is 42.5 Å². The Morgan fingerprint density at radius 1 is 1.23 bits per heavy atom. The van der Waals surface area contributed by atoms with Crippen LogP contribution in [0.2, 0.25) is 0 Å². The van der Waals surface area contributed by atoms with Gasteiger partial charge in [-0.1, -0.05) is 24.3 Å². The number of hydrogen-bond acceptors (Lipinski definition) is 3. The van der Waals surface area contributed by atoms with Crippen LogP contribution in [0.5, 0.6) is 5.75 Å². The molecule has 0 aromatic heterocycles. The van der Waals surface area contributed by atoms with Crippen molar-refractivity contribution in [1.82, 2.24) is 0 Å². The third kappa shape index (κ3) is 4.42. The molecule has 5 nitrogen and oxygen atoms in total. The average Bonchev–Trinajstić information content (AvgIpc) is 2.62. The van der Waals surface area contributed by atoms with E-state index in [4.69, 9.17) is 9.84 Å². The van der Waals surface area contributed by atoms with Crippen molar-refractivity contribution in [2.24, 2.45) is 0 Å². The summed E-state index contributed by atoms with van der Waals surface area (Å²) in [6.07, 6.45) is 3.70. The Morgan fingerprint density at radius 2 is 2.04 bits per heavy atom. The van der Waals surface area contributed by atoms with Crippen LogP contribution in [0.25, 0.3) is 0 Å². The first-order chi connectivity index (χ1) is 12.5. The quantitative estimate of drug-likeness (QED) is 0.826. The Hall–Kier alpha value is -2.82. The van der Waals surface area contributed by atoms with Crippen molar-refractivity contribution in [3.63, 3.8) is 0 Å². The third-order valence-corrected chi connectivity index (χ3v) is 4.76. The Labute approximate surface area is 153 Å². The summed E-state index contributed by atoms with van der Waals surface area (Å²) in [5, 5.41) is 11.6. The van der Waals surface area contributed by atoms with Crippen LogP contribution in [0, 0.1) is 6.92 Å². The number of ether oxygens (including phenoxy) is 1. The van der Waals surface area contributed by atoms with Crippen molar-refractivity contribution in [1.29, 1.82) is 0 Å². The normalized spacial score (nSPS) is 15.8. The van der Waals surface area contributed by atoms with Gasteiger partial charge in [-0.05, 0) is 67.0 Å². The van der Waals surface area contributed by atoms with E-state index in [0.717, 1.165) is 30.5 Å². The lowest BCUT2D eigenvalue weighted by molar-refractivity contribution is -0.139. The van der Waals surface area contributed by atoms with E-state index in [9.17, 15) is 9.59 Å². The van der Waals surface area contributed by atoms with Crippen LogP contribution in [-0.4, -0.2) is 23.6 Å². The Balaban J connectivity index is 1.63. The van der Waals surface area contributed by atoms with Crippen molar-refractivity contribution < 1.29 is 19.4 Å². The number of carboxylic acids is 1. The summed E-state index contributed by atoms with van der Waals surface area (Å²) in [7, 11) is 0. The van der Waals surface area contributed by atoms with Crippen LogP contribution in [-0.2, 0) is 16.0 Å². The van der Waals surface area contributed by atoms with Crippen molar-refractivity contribution in [2.75, 3.05) is 11.9 Å². The molecule has 2 N–H and O–H groups in total. The lowest BCUT2D eigenvalue weighted by Crippen LogP contribution is -2.19. The van der Waals surface area contributed by atoms with Crippen molar-refractivity contribution in [2.45, 2.75) is 38.5 Å². The summed E-state index contributed by atoms with van der Waals surface area (Å²) < 4.78 is 5.16. The van der Waals surface area contributed by atoms with Crippen molar-refractivity contribution >= 4 is 17.6 Å². The average molecular weight is 353 g/mol. The molecule has 26 heavy (non-hydrogen) atoms. The number of amides is 1. The van der Waals surface area contributed by atoms with Crippen molar-refractivity contribution in [3.8, 4) is 5.75 Å². The second-order valence-corrected chi connectivity index (χ2v) is 6.70. The first-order valence-corrected chi connectivity index (χ1v) is 8.86. The summed E-state index contributed by atoms with van der Waals surface area (Å²) in [6.45, 7) is 1.48. The SMILES string of the molecule is Cc1cc(OCC(=O)O)ccc1NC(=O)CC1CCCc2ccccc21. The summed E-state index contributed by atoms with van der Waals surface area (Å²) in [5.41, 5.74) is 4.21. The van der Waals surface area contributed by atoms with Crippen LogP contribution in [0.3, 0.4) is 0 Å². The van der Waals surface area contributed by atoms with E-state index in [1.807, 2.05) is 13.0 Å². The molecule has 136 valence electrons. The second-order valence-electron chi connectivity index (χ2n) is 6.70. The molecule has 0 bridgehead atoms. The zero-order valence-electron chi connectivity index (χ0n) is 14.8. The Kier molecular flexibility index (Phi) is 5.56. The van der Waals surface area contributed by atoms with Crippen LogP contribution in [0.1, 0.15) is 41.9 Å². The molecule has 0 spiro atoms. The number of benzene rings is 2. The van der Waals surface area contributed by atoms with E-state index in [-0.39, 0.29) is 18.4 Å². The number of carboxylic acid groups (broad SMARTS) is 1. The van der Waals surface area contributed by atoms with Crippen LogP contribution in [0.4, 0.5) is 5.69 Å². The number of rotatable bonds is 6. The van der Waals surface area contributed by atoms with Gasteiger partial charge >= 0.3 is 5.97 Å². The summed E-state index contributed by atoms with van der Waals surface area (Å²) in [4.78, 5) is 23.1. The molecular weight excluding hydrogens is 330 g/mol. The van der Waals surface area contributed by atoms with E-state index >= 15 is 0 Å². The van der Waals surface area contributed by atoms with Gasteiger partial charge in [0.2, 0.25) is 5.91 Å². The highest BCUT2D eigenvalue weighted by molar-refractivity contribution is 5.92. The minimum atomic E-state index is -1.02. The molecule has 3 rings (SSSR count). The van der Waals surface area contributed by atoms with Gasteiger partial charge in [0.1, 0.15) is 5.75 Å². The fraction of sp³-hybridized carbons (Fsp3) is 0.333. The maximum atomic E-state index is 12.5. The molecule has 1 unspecified atom stereocenters. The fourth-order valence-corrected chi connectivity index (χ4v) is 3.50. The first-order valence-electron chi connectivity index (χ1n) is 8.86. The van der Waals surface area contributed by atoms with Gasteiger partial charge in [0.15, 0.2) is 6.61 Å². The molecule has 5 heteroatoms. The molecule has 2 aromatic carbocycles. The Morgan fingerprint density at radius 3 is 2.81 bits per heavy atom. The lowest BCUT2D eigenvalue weighted by Gasteiger charge is -2.25. The monoisotopic (exact) mass is 353 g/mol. The number of anilines is 1. The predicted octanol–water partition coefficient (Wildman–Crippen LogP) is 3.91. The molecule has 0 saturated heterocycles. The summed E-state index contributed by atoms with van der Waals surface area (Å²) in [5.74, 6) is -0.288. The number of aliphatic carboxylic acids is 1. The van der Waals surface area contributed by atoms with E-state index in [1.54, 1.807) is 18.2 Å².